The lowest BCUT2D eigenvalue weighted by molar-refractivity contribution is -0.149. The Morgan fingerprint density at radius 1 is 1.62 bits per heavy atom. The van der Waals surface area contributed by atoms with E-state index in [1.165, 1.54) is 13.0 Å². The monoisotopic (exact) mass is 312 g/mol. The fraction of sp³-hybridized carbons (Fsp3) is 0.300. The number of esters is 1. The van der Waals surface area contributed by atoms with E-state index in [2.05, 4.69) is 20.7 Å². The van der Waals surface area contributed by atoms with Crippen molar-refractivity contribution in [3.05, 3.63) is 33.0 Å². The number of benzene rings is 1. The first-order chi connectivity index (χ1) is 7.49. The van der Waals surface area contributed by atoms with Gasteiger partial charge in [0.2, 0.25) is 6.17 Å². The Bertz CT molecular complexity index is 412. The van der Waals surface area contributed by atoms with Gasteiger partial charge >= 0.3 is 5.97 Å². The molecule has 1 unspecified atom stereocenters. The third-order valence-electron chi connectivity index (χ3n) is 1.83. The molecule has 6 heteroatoms. The lowest BCUT2D eigenvalue weighted by atomic mass is 10.1. The summed E-state index contributed by atoms with van der Waals surface area (Å²) in [5, 5.41) is -0.260. The van der Waals surface area contributed by atoms with Crippen LogP contribution in [0.3, 0.4) is 0 Å². The van der Waals surface area contributed by atoms with Crippen molar-refractivity contribution in [2.75, 3.05) is 6.61 Å². The number of alkyl halides is 1. The quantitative estimate of drug-likeness (QED) is 0.626. The predicted octanol–water partition coefficient (Wildman–Crippen LogP) is 3.82. The molecule has 0 saturated carbocycles. The minimum Gasteiger partial charge on any atom is -0.464 e. The summed E-state index contributed by atoms with van der Waals surface area (Å²) in [6, 6.07) is 2.51. The molecule has 1 aromatic rings. The number of hydrogen-bond acceptors (Lipinski definition) is 2. The van der Waals surface area contributed by atoms with Gasteiger partial charge in [0, 0.05) is 10.0 Å². The third kappa shape index (κ3) is 2.71. The highest BCUT2D eigenvalue weighted by Crippen LogP contribution is 2.32. The lowest BCUT2D eigenvalue weighted by Crippen LogP contribution is -2.13. The second kappa shape index (κ2) is 5.59. The molecule has 0 aliphatic rings. The van der Waals surface area contributed by atoms with Crippen LogP contribution in [-0.2, 0) is 9.53 Å². The zero-order chi connectivity index (χ0) is 12.3. The smallest absolute Gasteiger partial charge is 0.345 e. The Hall–Kier alpha value is -0.680. The number of halogens is 4. The van der Waals surface area contributed by atoms with Gasteiger partial charge in [-0.1, -0.05) is 17.7 Å². The van der Waals surface area contributed by atoms with Gasteiger partial charge in [-0.05, 0) is 28.9 Å². The first-order valence-electron chi connectivity index (χ1n) is 4.43. The highest BCUT2D eigenvalue weighted by Gasteiger charge is 2.26. The van der Waals surface area contributed by atoms with E-state index in [4.69, 9.17) is 11.6 Å². The predicted molar refractivity (Wildman–Crippen MR) is 59.6 cm³/mol. The molecule has 0 aliphatic carbocycles. The van der Waals surface area contributed by atoms with Crippen LogP contribution in [0.5, 0.6) is 0 Å². The van der Waals surface area contributed by atoms with Gasteiger partial charge < -0.3 is 4.74 Å². The second-order valence-electron chi connectivity index (χ2n) is 2.88. The van der Waals surface area contributed by atoms with E-state index in [1.807, 2.05) is 0 Å². The molecule has 0 saturated heterocycles. The number of carbonyl (C=O) groups is 1. The number of rotatable bonds is 3. The molecule has 0 fully saturated rings. The van der Waals surface area contributed by atoms with Crippen LogP contribution in [0.2, 0.25) is 5.02 Å². The maximum absolute atomic E-state index is 13.5. The molecule has 0 heterocycles. The van der Waals surface area contributed by atoms with Crippen molar-refractivity contribution in [3.8, 4) is 0 Å². The first kappa shape index (κ1) is 13.4. The van der Waals surface area contributed by atoms with Gasteiger partial charge in [-0.25, -0.2) is 13.6 Å². The van der Waals surface area contributed by atoms with Crippen LogP contribution in [0.4, 0.5) is 8.78 Å². The van der Waals surface area contributed by atoms with Crippen molar-refractivity contribution in [2.45, 2.75) is 13.1 Å². The zero-order valence-electron chi connectivity index (χ0n) is 8.27. The maximum Gasteiger partial charge on any atom is 0.345 e. The van der Waals surface area contributed by atoms with Crippen molar-refractivity contribution in [2.24, 2.45) is 0 Å². The van der Waals surface area contributed by atoms with Gasteiger partial charge in [-0.2, -0.15) is 0 Å². The van der Waals surface area contributed by atoms with Crippen molar-refractivity contribution >= 4 is 33.5 Å². The summed E-state index contributed by atoms with van der Waals surface area (Å²) in [5.74, 6) is -2.09. The zero-order valence-corrected chi connectivity index (χ0v) is 10.6. The van der Waals surface area contributed by atoms with Gasteiger partial charge in [0.25, 0.3) is 0 Å². The normalized spacial score (nSPS) is 12.3. The molecule has 16 heavy (non-hydrogen) atoms. The third-order valence-corrected chi connectivity index (χ3v) is 3.09. The Labute approximate surface area is 105 Å². The Kier molecular flexibility index (Phi) is 4.68. The largest absolute Gasteiger partial charge is 0.464 e. The average Bonchev–Trinajstić information content (AvgIpc) is 2.26. The van der Waals surface area contributed by atoms with Gasteiger partial charge in [-0.3, -0.25) is 0 Å². The Balaban J connectivity index is 3.05. The second-order valence-corrected chi connectivity index (χ2v) is 4.11. The van der Waals surface area contributed by atoms with Crippen molar-refractivity contribution < 1.29 is 18.3 Å². The van der Waals surface area contributed by atoms with Crippen LogP contribution in [0.15, 0.2) is 16.6 Å². The summed E-state index contributed by atoms with van der Waals surface area (Å²) in [4.78, 5) is 11.1. The Morgan fingerprint density at radius 3 is 2.81 bits per heavy atom. The van der Waals surface area contributed by atoms with Gasteiger partial charge in [0.05, 0.1) is 11.6 Å². The number of hydrogen-bond donors (Lipinski definition) is 0. The SMILES string of the molecule is CCOC(=O)C(F)c1ccc(Br)c(Cl)c1F. The van der Waals surface area contributed by atoms with Gasteiger partial charge in [0.1, 0.15) is 5.82 Å². The van der Waals surface area contributed by atoms with E-state index in [1.54, 1.807) is 0 Å². The Morgan fingerprint density at radius 2 is 2.25 bits per heavy atom. The van der Waals surface area contributed by atoms with Crippen molar-refractivity contribution in [1.82, 2.24) is 0 Å². The van der Waals surface area contributed by atoms with Crippen LogP contribution >= 0.6 is 27.5 Å². The van der Waals surface area contributed by atoms with E-state index in [0.717, 1.165) is 6.07 Å². The molecule has 88 valence electrons. The van der Waals surface area contributed by atoms with Crippen LogP contribution in [-0.4, -0.2) is 12.6 Å². The number of carbonyl (C=O) groups excluding carboxylic acids is 1. The topological polar surface area (TPSA) is 26.3 Å². The molecule has 0 aromatic heterocycles. The first-order valence-corrected chi connectivity index (χ1v) is 5.60. The summed E-state index contributed by atoms with van der Waals surface area (Å²) in [6.07, 6.45) is -2.16. The fourth-order valence-electron chi connectivity index (χ4n) is 1.08. The maximum atomic E-state index is 13.5. The molecule has 0 N–H and O–H groups in total. The molecule has 1 rings (SSSR count). The van der Waals surface area contributed by atoms with Crippen molar-refractivity contribution in [1.29, 1.82) is 0 Å². The summed E-state index contributed by atoms with van der Waals surface area (Å²) >= 11 is 8.55. The molecule has 1 aromatic carbocycles. The van der Waals surface area contributed by atoms with Crippen LogP contribution in [0, 0.1) is 5.82 Å². The van der Waals surface area contributed by atoms with E-state index >= 15 is 0 Å². The molecule has 0 amide bonds. The van der Waals surface area contributed by atoms with Crippen LogP contribution in [0.25, 0.3) is 0 Å². The van der Waals surface area contributed by atoms with Gasteiger partial charge in [0.15, 0.2) is 0 Å². The molecule has 0 spiro atoms. The minimum atomic E-state index is -2.16. The van der Waals surface area contributed by atoms with E-state index in [0.29, 0.717) is 4.47 Å². The van der Waals surface area contributed by atoms with Gasteiger partial charge in [-0.15, -0.1) is 0 Å². The summed E-state index contributed by atoms with van der Waals surface area (Å²) in [5.41, 5.74) is -0.424. The molecule has 0 bridgehead atoms. The standard InChI is InChI=1S/C10H8BrClF2O2/c1-2-16-10(15)9(14)5-3-4-6(11)7(12)8(5)13/h3-4,9H,2H2,1H3. The molecular weight excluding hydrogens is 305 g/mol. The van der Waals surface area contributed by atoms with E-state index < -0.39 is 23.5 Å². The van der Waals surface area contributed by atoms with Crippen molar-refractivity contribution in [3.63, 3.8) is 0 Å². The molecule has 0 aliphatic heterocycles. The van der Waals surface area contributed by atoms with Crippen LogP contribution < -0.4 is 0 Å². The highest BCUT2D eigenvalue weighted by atomic mass is 79.9. The highest BCUT2D eigenvalue weighted by molar-refractivity contribution is 9.10. The number of ether oxygens (including phenoxy) is 1. The molecule has 0 radical (unpaired) electrons. The summed E-state index contributed by atoms with van der Waals surface area (Å²) < 4.78 is 31.7. The lowest BCUT2D eigenvalue weighted by Gasteiger charge is -2.10. The minimum absolute atomic E-state index is 0.0329. The molecule has 1 atom stereocenters. The van der Waals surface area contributed by atoms with E-state index in [-0.39, 0.29) is 11.6 Å². The molecular formula is C10H8BrClF2O2. The summed E-state index contributed by atoms with van der Waals surface area (Å²) in [6.45, 7) is 1.57. The van der Waals surface area contributed by atoms with E-state index in [9.17, 15) is 13.6 Å². The summed E-state index contributed by atoms with van der Waals surface area (Å²) in [7, 11) is 0. The fourth-order valence-corrected chi connectivity index (χ4v) is 1.56. The molecule has 2 nitrogen and oxygen atoms in total. The average molecular weight is 314 g/mol. The van der Waals surface area contributed by atoms with Crippen LogP contribution in [0.1, 0.15) is 18.7 Å².